The zero-order chi connectivity index (χ0) is 16.0. The van der Waals surface area contributed by atoms with Crippen molar-refractivity contribution in [2.75, 3.05) is 10.6 Å². The zero-order valence-electron chi connectivity index (χ0n) is 13.3. The predicted molar refractivity (Wildman–Crippen MR) is 90.6 cm³/mol. The monoisotopic (exact) mass is 308 g/mol. The number of Topliss-reactive ketones (excluding diaryl/α,β-unsaturated/α-hetero) is 1. The first-order valence-electron chi connectivity index (χ1n) is 8.07. The third-order valence-electron chi connectivity index (χ3n) is 4.69. The fourth-order valence-electron chi connectivity index (χ4n) is 3.61. The van der Waals surface area contributed by atoms with Gasteiger partial charge in [-0.2, -0.15) is 0 Å². The number of aryl methyl sites for hydroxylation is 1. The largest absolute Gasteiger partial charge is 0.466 e. The summed E-state index contributed by atoms with van der Waals surface area (Å²) in [5.41, 5.74) is 3.95. The van der Waals surface area contributed by atoms with E-state index in [0.29, 0.717) is 6.42 Å². The average molecular weight is 308 g/mol. The van der Waals surface area contributed by atoms with Crippen molar-refractivity contribution >= 4 is 17.2 Å². The summed E-state index contributed by atoms with van der Waals surface area (Å²) in [6.45, 7) is 3.99. The lowest BCUT2D eigenvalue weighted by Gasteiger charge is -2.27. The van der Waals surface area contributed by atoms with E-state index in [1.54, 1.807) is 0 Å². The Hall–Kier alpha value is -2.49. The van der Waals surface area contributed by atoms with Gasteiger partial charge in [0, 0.05) is 23.6 Å². The highest BCUT2D eigenvalue weighted by Gasteiger charge is 2.34. The molecule has 2 heterocycles. The third-order valence-corrected chi connectivity index (χ3v) is 4.69. The van der Waals surface area contributed by atoms with Crippen molar-refractivity contribution in [3.8, 4) is 0 Å². The molecule has 0 fully saturated rings. The topological polar surface area (TPSA) is 54.3 Å². The fraction of sp³-hybridized carbons (Fsp3) is 0.316. The number of furan rings is 1. The van der Waals surface area contributed by atoms with Crippen LogP contribution in [0, 0.1) is 6.92 Å². The lowest BCUT2D eigenvalue weighted by atomic mass is 9.82. The predicted octanol–water partition coefficient (Wildman–Crippen LogP) is 4.21. The Morgan fingerprint density at radius 1 is 1.09 bits per heavy atom. The second kappa shape index (κ2) is 5.30. The van der Waals surface area contributed by atoms with E-state index in [0.717, 1.165) is 40.6 Å². The number of anilines is 2. The molecule has 2 aliphatic rings. The molecule has 2 N–H and O–H groups in total. The molecule has 0 amide bonds. The first-order valence-corrected chi connectivity index (χ1v) is 8.07. The molecule has 0 spiro atoms. The van der Waals surface area contributed by atoms with Gasteiger partial charge in [0.15, 0.2) is 5.78 Å². The Bertz CT molecular complexity index is 803. The molecule has 1 aliphatic carbocycles. The molecule has 4 heteroatoms. The van der Waals surface area contributed by atoms with Crippen molar-refractivity contribution in [2.45, 2.75) is 38.6 Å². The summed E-state index contributed by atoms with van der Waals surface area (Å²) in [5.74, 6) is 2.11. The van der Waals surface area contributed by atoms with Gasteiger partial charge in [-0.1, -0.05) is 12.1 Å². The lowest BCUT2D eigenvalue weighted by molar-refractivity contribution is -0.116. The summed E-state index contributed by atoms with van der Waals surface area (Å²) in [4.78, 5) is 12.8. The van der Waals surface area contributed by atoms with Gasteiger partial charge < -0.3 is 15.1 Å². The molecule has 1 aromatic heterocycles. The van der Waals surface area contributed by atoms with Crippen LogP contribution in [0.2, 0.25) is 0 Å². The minimum absolute atomic E-state index is 0.00735. The van der Waals surface area contributed by atoms with Crippen molar-refractivity contribution in [1.29, 1.82) is 0 Å². The standard InChI is InChI=1S/C19H20N2O2/c1-11-7-8-18(23-11)13-9-16-19(17(22)10-13)12(2)20-14-5-3-4-6-15(14)21-16/h3-8,12-13,20-21H,9-10H2,1-2H3/t12-,13+/m0/s1. The first kappa shape index (κ1) is 14.1. The van der Waals surface area contributed by atoms with Crippen LogP contribution in [-0.4, -0.2) is 11.8 Å². The van der Waals surface area contributed by atoms with E-state index in [2.05, 4.69) is 10.6 Å². The molecule has 0 saturated heterocycles. The number of ketones is 1. The first-order chi connectivity index (χ1) is 11.1. The minimum atomic E-state index is 0.00735. The Morgan fingerprint density at radius 3 is 2.61 bits per heavy atom. The Kier molecular flexibility index (Phi) is 3.26. The maximum Gasteiger partial charge on any atom is 0.163 e. The van der Waals surface area contributed by atoms with Gasteiger partial charge in [0.2, 0.25) is 0 Å². The van der Waals surface area contributed by atoms with Crippen LogP contribution in [0.1, 0.15) is 37.2 Å². The van der Waals surface area contributed by atoms with Crippen LogP contribution in [0.15, 0.2) is 52.1 Å². The second-order valence-corrected chi connectivity index (χ2v) is 6.41. The van der Waals surface area contributed by atoms with Gasteiger partial charge in [0.05, 0.1) is 17.4 Å². The van der Waals surface area contributed by atoms with Crippen molar-refractivity contribution in [1.82, 2.24) is 0 Å². The highest BCUT2D eigenvalue weighted by Crippen LogP contribution is 2.40. The van der Waals surface area contributed by atoms with Gasteiger partial charge in [-0.15, -0.1) is 0 Å². The highest BCUT2D eigenvalue weighted by molar-refractivity contribution is 6.00. The molecule has 0 saturated carbocycles. The van der Waals surface area contributed by atoms with E-state index in [4.69, 9.17) is 4.42 Å². The highest BCUT2D eigenvalue weighted by atomic mass is 16.3. The normalized spacial score (nSPS) is 23.5. The van der Waals surface area contributed by atoms with Crippen molar-refractivity contribution in [3.05, 3.63) is 59.2 Å². The van der Waals surface area contributed by atoms with Gasteiger partial charge in [0.25, 0.3) is 0 Å². The maximum absolute atomic E-state index is 12.8. The number of rotatable bonds is 1. The van der Waals surface area contributed by atoms with Gasteiger partial charge >= 0.3 is 0 Å². The van der Waals surface area contributed by atoms with Crippen molar-refractivity contribution in [3.63, 3.8) is 0 Å². The van der Waals surface area contributed by atoms with Crippen LogP contribution in [0.3, 0.4) is 0 Å². The lowest BCUT2D eigenvalue weighted by Crippen LogP contribution is -2.29. The molecule has 1 aromatic carbocycles. The SMILES string of the molecule is Cc1ccc([C@H]2CC(=O)C3=C(C2)Nc2ccccc2N[C@H]3C)o1. The Morgan fingerprint density at radius 2 is 1.87 bits per heavy atom. The summed E-state index contributed by atoms with van der Waals surface area (Å²) in [7, 11) is 0. The quantitative estimate of drug-likeness (QED) is 0.828. The molecule has 1 aliphatic heterocycles. The molecular formula is C19H20N2O2. The molecule has 23 heavy (non-hydrogen) atoms. The number of nitrogens with one attached hydrogen (secondary N) is 2. The van der Waals surface area contributed by atoms with Crippen LogP contribution in [-0.2, 0) is 4.79 Å². The minimum Gasteiger partial charge on any atom is -0.466 e. The third kappa shape index (κ3) is 2.44. The number of para-hydroxylation sites is 2. The van der Waals surface area contributed by atoms with E-state index in [-0.39, 0.29) is 17.7 Å². The number of benzene rings is 1. The average Bonchev–Trinajstić information content (AvgIpc) is 2.88. The van der Waals surface area contributed by atoms with Crippen LogP contribution in [0.4, 0.5) is 11.4 Å². The van der Waals surface area contributed by atoms with Crippen LogP contribution >= 0.6 is 0 Å². The number of carbonyl (C=O) groups is 1. The smallest absolute Gasteiger partial charge is 0.163 e. The van der Waals surface area contributed by atoms with E-state index in [1.165, 1.54) is 0 Å². The number of fused-ring (bicyclic) bond motifs is 1. The maximum atomic E-state index is 12.8. The summed E-state index contributed by atoms with van der Waals surface area (Å²) in [5, 5.41) is 6.93. The van der Waals surface area contributed by atoms with Crippen LogP contribution in [0.25, 0.3) is 0 Å². The second-order valence-electron chi connectivity index (χ2n) is 6.41. The molecule has 2 aromatic rings. The van der Waals surface area contributed by atoms with Crippen LogP contribution < -0.4 is 10.6 Å². The van der Waals surface area contributed by atoms with Crippen LogP contribution in [0.5, 0.6) is 0 Å². The molecule has 0 unspecified atom stereocenters. The number of allylic oxidation sites excluding steroid dienone is 1. The Balaban J connectivity index is 1.72. The van der Waals surface area contributed by atoms with E-state index < -0.39 is 0 Å². The zero-order valence-corrected chi connectivity index (χ0v) is 13.3. The van der Waals surface area contributed by atoms with E-state index in [9.17, 15) is 4.79 Å². The Labute approximate surface area is 135 Å². The van der Waals surface area contributed by atoms with Gasteiger partial charge in [-0.05, 0) is 44.5 Å². The van der Waals surface area contributed by atoms with Crippen molar-refractivity contribution < 1.29 is 9.21 Å². The molecule has 2 atom stereocenters. The van der Waals surface area contributed by atoms with E-state index in [1.807, 2.05) is 50.2 Å². The number of hydrogen-bond acceptors (Lipinski definition) is 4. The summed E-state index contributed by atoms with van der Waals surface area (Å²) < 4.78 is 5.76. The number of carbonyl (C=O) groups excluding carboxylic acids is 1. The molecule has 0 bridgehead atoms. The van der Waals surface area contributed by atoms with Gasteiger partial charge in [-0.25, -0.2) is 0 Å². The van der Waals surface area contributed by atoms with Crippen molar-refractivity contribution in [2.24, 2.45) is 0 Å². The molecular weight excluding hydrogens is 288 g/mol. The van der Waals surface area contributed by atoms with E-state index >= 15 is 0 Å². The molecule has 118 valence electrons. The molecule has 0 radical (unpaired) electrons. The number of hydrogen-bond donors (Lipinski definition) is 2. The molecule has 4 nitrogen and oxygen atoms in total. The van der Waals surface area contributed by atoms with Gasteiger partial charge in [-0.3, -0.25) is 4.79 Å². The fourth-order valence-corrected chi connectivity index (χ4v) is 3.61. The molecule has 4 rings (SSSR count). The summed E-state index contributed by atoms with van der Waals surface area (Å²) in [6, 6.07) is 12.0. The summed E-state index contributed by atoms with van der Waals surface area (Å²) >= 11 is 0. The summed E-state index contributed by atoms with van der Waals surface area (Å²) in [6.07, 6.45) is 1.31. The van der Waals surface area contributed by atoms with Gasteiger partial charge in [0.1, 0.15) is 11.5 Å².